The van der Waals surface area contributed by atoms with Crippen molar-refractivity contribution in [2.45, 2.75) is 57.7 Å². The molecule has 3 heteroatoms. The Morgan fingerprint density at radius 1 is 0.926 bits per heavy atom. The van der Waals surface area contributed by atoms with E-state index >= 15 is 0 Å². The van der Waals surface area contributed by atoms with E-state index < -0.39 is 18.9 Å². The van der Waals surface area contributed by atoms with E-state index in [2.05, 4.69) is 6.08 Å². The van der Waals surface area contributed by atoms with Gasteiger partial charge in [0.15, 0.2) is 7.14 Å². The van der Waals surface area contributed by atoms with Crippen molar-refractivity contribution in [3.63, 3.8) is 0 Å². The highest BCUT2D eigenvalue weighted by molar-refractivity contribution is 7.79. The molecule has 1 N–H and O–H groups in total. The Hall–Kier alpha value is -1.63. The summed E-state index contributed by atoms with van der Waals surface area (Å²) >= 11 is 0. The molecule has 0 aliphatic heterocycles. The zero-order valence-corrected chi connectivity index (χ0v) is 17.3. The first-order chi connectivity index (χ1) is 13.0. The van der Waals surface area contributed by atoms with Crippen molar-refractivity contribution in [3.05, 3.63) is 72.3 Å². The van der Waals surface area contributed by atoms with Gasteiger partial charge in [-0.2, -0.15) is 0 Å². The number of allylic oxidation sites excluding steroid dienone is 1. The third-order valence-corrected chi connectivity index (χ3v) is 9.11. The van der Waals surface area contributed by atoms with E-state index in [1.807, 2.05) is 74.5 Å². The molecule has 2 nitrogen and oxygen atoms in total. The molecule has 0 radical (unpaired) electrons. The van der Waals surface area contributed by atoms with Crippen LogP contribution in [0, 0.1) is 5.92 Å². The Balaban J connectivity index is 2.14. The fourth-order valence-corrected chi connectivity index (χ4v) is 7.71. The van der Waals surface area contributed by atoms with E-state index in [9.17, 15) is 9.67 Å². The van der Waals surface area contributed by atoms with Crippen LogP contribution in [0.5, 0.6) is 0 Å². The lowest BCUT2D eigenvalue weighted by Crippen LogP contribution is -2.38. The predicted molar refractivity (Wildman–Crippen MR) is 116 cm³/mol. The summed E-state index contributed by atoms with van der Waals surface area (Å²) < 4.78 is 14.7. The van der Waals surface area contributed by atoms with Gasteiger partial charge in [0, 0.05) is 10.6 Å². The highest BCUT2D eigenvalue weighted by Crippen LogP contribution is 2.52. The van der Waals surface area contributed by atoms with Crippen LogP contribution in [0.4, 0.5) is 0 Å². The molecular formula is C24H31O2P. The van der Waals surface area contributed by atoms with E-state index in [0.717, 1.165) is 41.9 Å². The minimum absolute atomic E-state index is 0.222. The van der Waals surface area contributed by atoms with Crippen LogP contribution in [0.2, 0.25) is 0 Å². The van der Waals surface area contributed by atoms with Gasteiger partial charge in [-0.3, -0.25) is 0 Å². The molecule has 0 saturated heterocycles. The first kappa shape index (κ1) is 20.1. The number of benzene rings is 2. The minimum Gasteiger partial charge on any atom is -0.392 e. The molecule has 0 aromatic heterocycles. The lowest BCUT2D eigenvalue weighted by molar-refractivity contribution is 0.0894. The normalized spacial score (nSPS) is 17.9. The number of rotatable bonds is 6. The van der Waals surface area contributed by atoms with Gasteiger partial charge in [-0.05, 0) is 32.6 Å². The molecule has 144 valence electrons. The topological polar surface area (TPSA) is 37.3 Å². The largest absolute Gasteiger partial charge is 0.392 e. The average Bonchev–Trinajstić information content (AvgIpc) is 2.73. The zero-order chi connectivity index (χ0) is 19.3. The van der Waals surface area contributed by atoms with E-state index in [4.69, 9.17) is 0 Å². The van der Waals surface area contributed by atoms with Gasteiger partial charge in [-0.1, -0.05) is 91.6 Å². The molecule has 1 fully saturated rings. The second-order valence-corrected chi connectivity index (χ2v) is 10.9. The quantitative estimate of drug-likeness (QED) is 0.545. The molecule has 1 aliphatic carbocycles. The van der Waals surface area contributed by atoms with Crippen LogP contribution >= 0.6 is 7.14 Å². The number of hydrogen-bond donors (Lipinski definition) is 1. The van der Waals surface area contributed by atoms with Crippen molar-refractivity contribution in [2.24, 2.45) is 5.92 Å². The van der Waals surface area contributed by atoms with Crippen LogP contribution in [0.3, 0.4) is 0 Å². The first-order valence-electron chi connectivity index (χ1n) is 10.1. The average molecular weight is 382 g/mol. The van der Waals surface area contributed by atoms with Crippen molar-refractivity contribution in [1.29, 1.82) is 0 Å². The van der Waals surface area contributed by atoms with Crippen LogP contribution in [0.1, 0.15) is 46.0 Å². The summed E-state index contributed by atoms with van der Waals surface area (Å²) in [5.74, 6) is 0.222. The molecule has 2 aromatic carbocycles. The molecular weight excluding hydrogens is 351 g/mol. The van der Waals surface area contributed by atoms with Crippen molar-refractivity contribution in [3.8, 4) is 0 Å². The molecule has 1 saturated carbocycles. The molecule has 0 amide bonds. The summed E-state index contributed by atoms with van der Waals surface area (Å²) in [4.78, 5) is 0. The molecule has 0 heterocycles. The Kier molecular flexibility index (Phi) is 6.73. The van der Waals surface area contributed by atoms with E-state index in [-0.39, 0.29) is 5.92 Å². The molecule has 2 atom stereocenters. The van der Waals surface area contributed by atoms with Crippen LogP contribution in [-0.2, 0) is 4.57 Å². The van der Waals surface area contributed by atoms with Gasteiger partial charge in [0.25, 0.3) is 0 Å². The van der Waals surface area contributed by atoms with Crippen molar-refractivity contribution >= 4 is 17.8 Å². The Morgan fingerprint density at radius 2 is 1.41 bits per heavy atom. The third-order valence-electron chi connectivity index (χ3n) is 5.69. The second kappa shape index (κ2) is 9.04. The Bertz CT molecular complexity index is 744. The summed E-state index contributed by atoms with van der Waals surface area (Å²) in [6.45, 7) is 4.06. The third kappa shape index (κ3) is 4.45. The SMILES string of the molecule is CC(C)=CC(C(O)C1CCCCC1)P(=O)(c1ccccc1)c1ccccc1. The lowest BCUT2D eigenvalue weighted by atomic mass is 9.84. The molecule has 1 aliphatic rings. The summed E-state index contributed by atoms with van der Waals surface area (Å²) in [6, 6.07) is 19.5. The van der Waals surface area contributed by atoms with Gasteiger partial charge in [0.05, 0.1) is 11.8 Å². The van der Waals surface area contributed by atoms with Crippen LogP contribution in [0.25, 0.3) is 0 Å². The van der Waals surface area contributed by atoms with Crippen LogP contribution < -0.4 is 10.6 Å². The van der Waals surface area contributed by atoms with Gasteiger partial charge in [0.1, 0.15) is 0 Å². The maximum atomic E-state index is 14.7. The van der Waals surface area contributed by atoms with Crippen molar-refractivity contribution < 1.29 is 9.67 Å². The summed E-state index contributed by atoms with van der Waals surface area (Å²) in [7, 11) is -3.04. The summed E-state index contributed by atoms with van der Waals surface area (Å²) in [5, 5.41) is 13.1. The summed E-state index contributed by atoms with van der Waals surface area (Å²) in [6.07, 6.45) is 7.07. The second-order valence-electron chi connectivity index (χ2n) is 7.95. The van der Waals surface area contributed by atoms with Gasteiger partial charge in [-0.25, -0.2) is 0 Å². The molecule has 0 bridgehead atoms. The highest BCUT2D eigenvalue weighted by atomic mass is 31.2. The fourth-order valence-electron chi connectivity index (χ4n) is 4.31. The van der Waals surface area contributed by atoms with Gasteiger partial charge < -0.3 is 9.67 Å². The minimum atomic E-state index is -3.04. The number of aliphatic hydroxyl groups excluding tert-OH is 1. The fraction of sp³-hybridized carbons (Fsp3) is 0.417. The number of hydrogen-bond acceptors (Lipinski definition) is 2. The summed E-state index contributed by atoms with van der Waals surface area (Å²) in [5.41, 5.74) is 0.706. The van der Waals surface area contributed by atoms with Crippen molar-refractivity contribution in [1.82, 2.24) is 0 Å². The maximum Gasteiger partial charge on any atom is 0.152 e. The van der Waals surface area contributed by atoms with Crippen LogP contribution in [-0.4, -0.2) is 16.9 Å². The maximum absolute atomic E-state index is 14.7. The van der Waals surface area contributed by atoms with E-state index in [1.165, 1.54) is 6.42 Å². The Labute approximate surface area is 163 Å². The predicted octanol–water partition coefficient (Wildman–Crippen LogP) is 5.28. The monoisotopic (exact) mass is 382 g/mol. The first-order valence-corrected chi connectivity index (χ1v) is 11.8. The molecule has 2 aromatic rings. The van der Waals surface area contributed by atoms with Crippen molar-refractivity contribution in [2.75, 3.05) is 0 Å². The zero-order valence-electron chi connectivity index (χ0n) is 16.4. The Morgan fingerprint density at radius 3 is 1.85 bits per heavy atom. The van der Waals surface area contributed by atoms with E-state index in [0.29, 0.717) is 0 Å². The van der Waals surface area contributed by atoms with Gasteiger partial charge in [0.2, 0.25) is 0 Å². The van der Waals surface area contributed by atoms with Crippen LogP contribution in [0.15, 0.2) is 72.3 Å². The van der Waals surface area contributed by atoms with Gasteiger partial charge in [-0.15, -0.1) is 0 Å². The molecule has 3 rings (SSSR count). The smallest absolute Gasteiger partial charge is 0.152 e. The molecule has 27 heavy (non-hydrogen) atoms. The standard InChI is InChI=1S/C24H31O2P/c1-19(2)18-23(24(25)20-12-6-3-7-13-20)27(26,21-14-8-4-9-15-21)22-16-10-5-11-17-22/h4-5,8-11,14-18,20,23-25H,3,6-7,12-13H2,1-2H3. The molecule has 0 spiro atoms. The highest BCUT2D eigenvalue weighted by Gasteiger charge is 2.42. The van der Waals surface area contributed by atoms with Gasteiger partial charge >= 0.3 is 0 Å². The molecule has 2 unspecified atom stereocenters. The van der Waals surface area contributed by atoms with E-state index in [1.54, 1.807) is 0 Å². The lowest BCUT2D eigenvalue weighted by Gasteiger charge is -2.36. The number of aliphatic hydroxyl groups is 1.